The zero-order valence-corrected chi connectivity index (χ0v) is 14.9. The van der Waals surface area contributed by atoms with Crippen LogP contribution < -0.4 is 9.64 Å². The minimum absolute atomic E-state index is 0.0904. The van der Waals surface area contributed by atoms with Crippen molar-refractivity contribution in [2.75, 3.05) is 31.8 Å². The van der Waals surface area contributed by atoms with Gasteiger partial charge in [0.1, 0.15) is 12.4 Å². The molecule has 4 nitrogen and oxygen atoms in total. The fourth-order valence-corrected chi connectivity index (χ4v) is 2.59. The van der Waals surface area contributed by atoms with Gasteiger partial charge in [-0.3, -0.25) is 4.79 Å². The largest absolute Gasteiger partial charge is 0.490 e. The first kappa shape index (κ1) is 17.5. The van der Waals surface area contributed by atoms with E-state index in [1.807, 2.05) is 43.3 Å². The number of methoxy groups -OCH3 is 1. The van der Waals surface area contributed by atoms with E-state index in [9.17, 15) is 4.79 Å². The van der Waals surface area contributed by atoms with Gasteiger partial charge in [0.25, 0.3) is 5.91 Å². The predicted octanol–water partition coefficient (Wildman–Crippen LogP) is 4.14. The van der Waals surface area contributed by atoms with Gasteiger partial charge in [0, 0.05) is 23.8 Å². The summed E-state index contributed by atoms with van der Waals surface area (Å²) in [5.41, 5.74) is 1.39. The lowest BCUT2D eigenvalue weighted by Gasteiger charge is -2.22. The molecule has 2 aromatic rings. The van der Waals surface area contributed by atoms with Gasteiger partial charge in [0.05, 0.1) is 12.2 Å². The first-order valence-electron chi connectivity index (χ1n) is 7.45. The van der Waals surface area contributed by atoms with Crippen molar-refractivity contribution < 1.29 is 14.3 Å². The normalized spacial score (nSPS) is 10.4. The van der Waals surface area contributed by atoms with E-state index in [2.05, 4.69) is 15.9 Å². The molecule has 0 bridgehead atoms. The van der Waals surface area contributed by atoms with Gasteiger partial charge in [-0.05, 0) is 37.3 Å². The van der Waals surface area contributed by atoms with E-state index >= 15 is 0 Å². The number of amides is 1. The van der Waals surface area contributed by atoms with E-state index in [0.29, 0.717) is 31.1 Å². The average molecular weight is 378 g/mol. The molecule has 0 unspecified atom stereocenters. The van der Waals surface area contributed by atoms with Gasteiger partial charge in [-0.2, -0.15) is 0 Å². The first-order valence-corrected chi connectivity index (χ1v) is 8.25. The summed E-state index contributed by atoms with van der Waals surface area (Å²) in [6.45, 7) is 3.40. The van der Waals surface area contributed by atoms with Crippen LogP contribution in [0.1, 0.15) is 17.3 Å². The van der Waals surface area contributed by atoms with Crippen molar-refractivity contribution in [3.8, 4) is 5.75 Å². The van der Waals surface area contributed by atoms with Crippen molar-refractivity contribution in [3.05, 3.63) is 58.6 Å². The highest BCUT2D eigenvalue weighted by atomic mass is 79.9. The molecule has 0 radical (unpaired) electrons. The number of ether oxygens (including phenoxy) is 2. The number of para-hydroxylation sites is 1. The van der Waals surface area contributed by atoms with E-state index in [0.717, 1.165) is 10.2 Å². The van der Waals surface area contributed by atoms with Crippen LogP contribution in [0.5, 0.6) is 5.75 Å². The van der Waals surface area contributed by atoms with E-state index in [-0.39, 0.29) is 5.91 Å². The fraction of sp³-hybridized carbons (Fsp3) is 0.278. The number of hydrogen-bond donors (Lipinski definition) is 0. The lowest BCUT2D eigenvalue weighted by atomic mass is 10.1. The highest BCUT2D eigenvalue weighted by Gasteiger charge is 2.20. The third kappa shape index (κ3) is 4.56. The summed E-state index contributed by atoms with van der Waals surface area (Å²) in [6, 6.07) is 15.1. The van der Waals surface area contributed by atoms with Gasteiger partial charge in [-0.25, -0.2) is 0 Å². The van der Waals surface area contributed by atoms with Crippen LogP contribution in [0.25, 0.3) is 0 Å². The third-order valence-electron chi connectivity index (χ3n) is 3.35. The Morgan fingerprint density at radius 1 is 1.13 bits per heavy atom. The molecule has 0 heterocycles. The number of rotatable bonds is 7. The van der Waals surface area contributed by atoms with Gasteiger partial charge < -0.3 is 14.4 Å². The number of carbonyl (C=O) groups is 1. The standard InChI is InChI=1S/C18H20BrNO3/c1-3-20(15-7-5-4-6-8-15)18(21)16-13-14(19)9-10-17(16)23-12-11-22-2/h4-10,13H,3,11-12H2,1-2H3. The van der Waals surface area contributed by atoms with Crippen LogP contribution in [-0.2, 0) is 4.74 Å². The Balaban J connectivity index is 2.31. The van der Waals surface area contributed by atoms with Crippen molar-refractivity contribution >= 4 is 27.5 Å². The van der Waals surface area contributed by atoms with E-state index in [1.165, 1.54) is 0 Å². The predicted molar refractivity (Wildman–Crippen MR) is 95.3 cm³/mol. The van der Waals surface area contributed by atoms with Crippen molar-refractivity contribution in [1.82, 2.24) is 0 Å². The van der Waals surface area contributed by atoms with Crippen molar-refractivity contribution in [2.45, 2.75) is 6.92 Å². The quantitative estimate of drug-likeness (QED) is 0.680. The monoisotopic (exact) mass is 377 g/mol. The van der Waals surface area contributed by atoms with Gasteiger partial charge in [-0.1, -0.05) is 34.1 Å². The molecule has 5 heteroatoms. The molecule has 0 aliphatic carbocycles. The Morgan fingerprint density at radius 3 is 2.52 bits per heavy atom. The Kier molecular flexibility index (Phi) is 6.62. The summed E-state index contributed by atoms with van der Waals surface area (Å²) in [5.74, 6) is 0.469. The minimum atomic E-state index is -0.0904. The van der Waals surface area contributed by atoms with Gasteiger partial charge in [0.15, 0.2) is 0 Å². The summed E-state index contributed by atoms with van der Waals surface area (Å²) < 4.78 is 11.5. The van der Waals surface area contributed by atoms with Gasteiger partial charge in [-0.15, -0.1) is 0 Å². The SMILES string of the molecule is CCN(C(=O)c1cc(Br)ccc1OCCOC)c1ccccc1. The number of halogens is 1. The molecule has 122 valence electrons. The highest BCUT2D eigenvalue weighted by molar-refractivity contribution is 9.10. The number of benzene rings is 2. The number of carbonyl (C=O) groups excluding carboxylic acids is 1. The van der Waals surface area contributed by atoms with Crippen LogP contribution in [0.2, 0.25) is 0 Å². The Labute approximate surface area is 145 Å². The highest BCUT2D eigenvalue weighted by Crippen LogP contribution is 2.26. The Bertz CT molecular complexity index is 646. The number of hydrogen-bond acceptors (Lipinski definition) is 3. The van der Waals surface area contributed by atoms with Crippen molar-refractivity contribution in [1.29, 1.82) is 0 Å². The van der Waals surface area contributed by atoms with Crippen LogP contribution in [0.15, 0.2) is 53.0 Å². The van der Waals surface area contributed by atoms with Gasteiger partial charge in [0.2, 0.25) is 0 Å². The molecule has 0 aliphatic heterocycles. The summed E-state index contributed by atoms with van der Waals surface area (Å²) in [5, 5.41) is 0. The Hall–Kier alpha value is -1.85. The molecule has 2 rings (SSSR count). The summed E-state index contributed by atoms with van der Waals surface area (Å²) in [4.78, 5) is 14.7. The molecule has 0 aliphatic rings. The lowest BCUT2D eigenvalue weighted by Crippen LogP contribution is -2.31. The van der Waals surface area contributed by atoms with Crippen molar-refractivity contribution in [2.24, 2.45) is 0 Å². The lowest BCUT2D eigenvalue weighted by molar-refractivity contribution is 0.0980. The fourth-order valence-electron chi connectivity index (χ4n) is 2.23. The van der Waals surface area contributed by atoms with Crippen LogP contribution in [-0.4, -0.2) is 32.8 Å². The van der Waals surface area contributed by atoms with E-state index < -0.39 is 0 Å². The van der Waals surface area contributed by atoms with Crippen molar-refractivity contribution in [3.63, 3.8) is 0 Å². The maximum atomic E-state index is 13.0. The molecule has 0 saturated heterocycles. The van der Waals surface area contributed by atoms with Gasteiger partial charge >= 0.3 is 0 Å². The number of anilines is 1. The van der Waals surface area contributed by atoms with Crippen LogP contribution in [0.4, 0.5) is 5.69 Å². The maximum absolute atomic E-state index is 13.0. The average Bonchev–Trinajstić information content (AvgIpc) is 2.58. The molecule has 0 fully saturated rings. The summed E-state index contributed by atoms with van der Waals surface area (Å²) >= 11 is 3.42. The van der Waals surface area contributed by atoms with Crippen LogP contribution in [0, 0.1) is 0 Å². The molecular weight excluding hydrogens is 358 g/mol. The van der Waals surface area contributed by atoms with Crippen LogP contribution in [0.3, 0.4) is 0 Å². The zero-order chi connectivity index (χ0) is 16.7. The molecule has 1 amide bonds. The molecule has 0 aromatic heterocycles. The summed E-state index contributed by atoms with van der Waals surface area (Å²) in [7, 11) is 1.62. The third-order valence-corrected chi connectivity index (χ3v) is 3.84. The molecular formula is C18H20BrNO3. The van der Waals surface area contributed by atoms with E-state index in [4.69, 9.17) is 9.47 Å². The number of nitrogens with zero attached hydrogens (tertiary/aromatic N) is 1. The zero-order valence-electron chi connectivity index (χ0n) is 13.3. The minimum Gasteiger partial charge on any atom is -0.490 e. The summed E-state index contributed by atoms with van der Waals surface area (Å²) in [6.07, 6.45) is 0. The molecule has 2 aromatic carbocycles. The smallest absolute Gasteiger partial charge is 0.262 e. The molecule has 0 spiro atoms. The molecule has 0 saturated carbocycles. The van der Waals surface area contributed by atoms with E-state index in [1.54, 1.807) is 24.1 Å². The first-order chi connectivity index (χ1) is 11.2. The topological polar surface area (TPSA) is 38.8 Å². The molecule has 23 heavy (non-hydrogen) atoms. The second kappa shape index (κ2) is 8.70. The second-order valence-corrected chi connectivity index (χ2v) is 5.78. The second-order valence-electron chi connectivity index (χ2n) is 4.87. The molecule has 0 atom stereocenters. The van der Waals surface area contributed by atoms with Crippen LogP contribution >= 0.6 is 15.9 Å². The Morgan fingerprint density at radius 2 is 1.87 bits per heavy atom. The molecule has 0 N–H and O–H groups in total. The maximum Gasteiger partial charge on any atom is 0.262 e.